The second-order valence-electron chi connectivity index (χ2n) is 13.6. The van der Waals surface area contributed by atoms with E-state index in [0.717, 1.165) is 4.48 Å². The highest BCUT2D eigenvalue weighted by Crippen LogP contribution is 2.16. The molecule has 0 N–H and O–H groups in total. The van der Waals surface area contributed by atoms with Crippen molar-refractivity contribution >= 4 is 0 Å². The quantitative estimate of drug-likeness (QED) is 0.0532. The number of rotatable bonds is 33. The Hall–Kier alpha value is -0.0100. The van der Waals surface area contributed by atoms with Gasteiger partial charge in [-0.2, -0.15) is 0 Å². The molecule has 0 bridgehead atoms. The molecule has 242 valence electrons. The molecule has 0 aliphatic heterocycles. The van der Waals surface area contributed by atoms with Crippen LogP contribution >= 0.6 is 0 Å². The van der Waals surface area contributed by atoms with Crippen molar-refractivity contribution in [2.45, 2.75) is 213 Å². The molecule has 0 radical (unpaired) electrons. The molecule has 0 aromatic heterocycles. The number of nitrogens with zero attached hydrogens (tertiary/aromatic N) is 1. The van der Waals surface area contributed by atoms with E-state index in [-0.39, 0.29) is 12.4 Å². The van der Waals surface area contributed by atoms with Crippen LogP contribution in [-0.2, 0) is 0 Å². The molecule has 0 saturated carbocycles. The van der Waals surface area contributed by atoms with Gasteiger partial charge in [0, 0.05) is 0 Å². The van der Waals surface area contributed by atoms with Crippen molar-refractivity contribution in [3.63, 3.8) is 0 Å². The summed E-state index contributed by atoms with van der Waals surface area (Å²) in [5.74, 6) is 0. The molecule has 0 aliphatic rings. The summed E-state index contributed by atoms with van der Waals surface area (Å²) in [6.45, 7) is 5.91. The fourth-order valence-corrected chi connectivity index (χ4v) is 5.96. The SMILES string of the molecule is CCCCCCCCCCCCCCCCC=C[N+](C)(C)CCCCCCCCCCCCCCCCCC.[Cl-]. The molecule has 0 saturated heterocycles. The summed E-state index contributed by atoms with van der Waals surface area (Å²) in [6, 6.07) is 0. The number of allylic oxidation sites excluding steroid dienone is 1. The van der Waals surface area contributed by atoms with Gasteiger partial charge in [-0.3, -0.25) is 0 Å². The van der Waals surface area contributed by atoms with E-state index in [0.29, 0.717) is 0 Å². The summed E-state index contributed by atoms with van der Waals surface area (Å²) in [7, 11) is 4.76. The maximum atomic E-state index is 2.47. The molecular formula is C38H78ClN. The van der Waals surface area contributed by atoms with E-state index in [1.165, 1.54) is 206 Å². The average Bonchev–Trinajstić information content (AvgIpc) is 2.92. The maximum Gasteiger partial charge on any atom is 0.0913 e. The molecule has 0 amide bonds. The van der Waals surface area contributed by atoms with Crippen LogP contribution in [0, 0.1) is 0 Å². The van der Waals surface area contributed by atoms with Crippen molar-refractivity contribution in [2.75, 3.05) is 20.6 Å². The van der Waals surface area contributed by atoms with Gasteiger partial charge in [-0.15, -0.1) is 0 Å². The van der Waals surface area contributed by atoms with Crippen LogP contribution in [0.15, 0.2) is 12.3 Å². The molecule has 0 rings (SSSR count). The van der Waals surface area contributed by atoms with Crippen LogP contribution in [0.2, 0.25) is 0 Å². The van der Waals surface area contributed by atoms with Crippen LogP contribution in [0.4, 0.5) is 0 Å². The molecule has 0 heterocycles. The van der Waals surface area contributed by atoms with Crippen LogP contribution in [0.3, 0.4) is 0 Å². The first-order valence-corrected chi connectivity index (χ1v) is 18.6. The normalized spacial score (nSPS) is 11.9. The summed E-state index contributed by atoms with van der Waals surface area (Å²) in [5, 5.41) is 0. The number of quaternary nitrogens is 1. The highest BCUT2D eigenvalue weighted by molar-refractivity contribution is 4.74. The number of unbranched alkanes of at least 4 members (excludes halogenated alkanes) is 29. The Morgan fingerprint density at radius 2 is 0.600 bits per heavy atom. The van der Waals surface area contributed by atoms with Gasteiger partial charge in [0.05, 0.1) is 26.8 Å². The third-order valence-electron chi connectivity index (χ3n) is 8.82. The zero-order valence-corrected chi connectivity index (χ0v) is 29.4. The average molecular weight is 585 g/mol. The summed E-state index contributed by atoms with van der Waals surface area (Å²) < 4.78 is 1.07. The summed E-state index contributed by atoms with van der Waals surface area (Å²) in [5.41, 5.74) is 0. The van der Waals surface area contributed by atoms with Crippen molar-refractivity contribution < 1.29 is 16.9 Å². The second kappa shape index (κ2) is 35.2. The highest BCUT2D eigenvalue weighted by atomic mass is 35.5. The molecule has 2 heteroatoms. The van der Waals surface area contributed by atoms with Gasteiger partial charge in [-0.05, 0) is 31.8 Å². The number of hydrogen-bond donors (Lipinski definition) is 0. The van der Waals surface area contributed by atoms with Crippen LogP contribution in [-0.4, -0.2) is 25.1 Å². The minimum atomic E-state index is 0. The topological polar surface area (TPSA) is 0 Å². The maximum absolute atomic E-state index is 2.47. The van der Waals surface area contributed by atoms with Crippen molar-refractivity contribution in [1.82, 2.24) is 0 Å². The first-order chi connectivity index (χ1) is 19.1. The predicted molar refractivity (Wildman–Crippen MR) is 181 cm³/mol. The standard InChI is InChI=1S/C38H78N.ClH/c1-5-7-9-11-13-15-17-19-21-23-25-27-29-31-33-35-37-39(3,4)38-36-34-32-30-28-26-24-22-20-18-16-14-12-10-8-6-2;/h35,37H,5-34,36,38H2,1-4H3;1H/q+1;/p-1. The Labute approximate surface area is 262 Å². The summed E-state index contributed by atoms with van der Waals surface area (Å²) >= 11 is 0. The van der Waals surface area contributed by atoms with Gasteiger partial charge in [0.2, 0.25) is 0 Å². The fourth-order valence-electron chi connectivity index (χ4n) is 5.96. The molecule has 0 aromatic carbocycles. The Bertz CT molecular complexity index is 472. The monoisotopic (exact) mass is 584 g/mol. The van der Waals surface area contributed by atoms with Crippen LogP contribution < -0.4 is 12.4 Å². The molecule has 0 fully saturated rings. The summed E-state index contributed by atoms with van der Waals surface area (Å²) in [6.07, 6.45) is 49.8. The zero-order valence-electron chi connectivity index (χ0n) is 28.6. The Kier molecular flexibility index (Phi) is 37.1. The minimum Gasteiger partial charge on any atom is -1.00 e. The molecule has 0 unspecified atom stereocenters. The molecule has 0 aromatic rings. The van der Waals surface area contributed by atoms with E-state index < -0.39 is 0 Å². The van der Waals surface area contributed by atoms with Gasteiger partial charge in [0.15, 0.2) is 0 Å². The summed E-state index contributed by atoms with van der Waals surface area (Å²) in [4.78, 5) is 0. The lowest BCUT2D eigenvalue weighted by Gasteiger charge is -2.25. The third-order valence-corrected chi connectivity index (χ3v) is 8.82. The van der Waals surface area contributed by atoms with E-state index >= 15 is 0 Å². The van der Waals surface area contributed by atoms with Gasteiger partial charge in [-0.25, -0.2) is 0 Å². The van der Waals surface area contributed by atoms with Gasteiger partial charge in [-0.1, -0.05) is 187 Å². The number of halogens is 1. The van der Waals surface area contributed by atoms with Gasteiger partial charge in [0.1, 0.15) is 0 Å². The predicted octanol–water partition coefficient (Wildman–Crippen LogP) is 10.7. The fraction of sp³-hybridized carbons (Fsp3) is 0.947. The molecule has 0 atom stereocenters. The van der Waals surface area contributed by atoms with E-state index in [1.807, 2.05) is 0 Å². The molecule has 1 nitrogen and oxygen atoms in total. The second-order valence-corrected chi connectivity index (χ2v) is 13.6. The lowest BCUT2D eigenvalue weighted by molar-refractivity contribution is -0.839. The number of hydrogen-bond acceptors (Lipinski definition) is 0. The molecule has 0 aliphatic carbocycles. The molecule has 40 heavy (non-hydrogen) atoms. The first kappa shape index (κ1) is 42.1. The Balaban J connectivity index is 0. The van der Waals surface area contributed by atoms with Crippen LogP contribution in [0.25, 0.3) is 0 Å². The Morgan fingerprint density at radius 3 is 0.900 bits per heavy atom. The smallest absolute Gasteiger partial charge is 0.0913 e. The third kappa shape index (κ3) is 36.0. The van der Waals surface area contributed by atoms with E-state index in [4.69, 9.17) is 0 Å². The van der Waals surface area contributed by atoms with E-state index in [9.17, 15) is 0 Å². The van der Waals surface area contributed by atoms with E-state index in [2.05, 4.69) is 40.2 Å². The van der Waals surface area contributed by atoms with Crippen molar-refractivity contribution in [3.05, 3.63) is 12.3 Å². The lowest BCUT2D eigenvalue weighted by Crippen LogP contribution is -3.00. The van der Waals surface area contributed by atoms with Crippen LogP contribution in [0.5, 0.6) is 0 Å². The molecule has 0 spiro atoms. The lowest BCUT2D eigenvalue weighted by atomic mass is 10.0. The zero-order chi connectivity index (χ0) is 28.5. The van der Waals surface area contributed by atoms with Gasteiger partial charge in [0.25, 0.3) is 0 Å². The highest BCUT2D eigenvalue weighted by Gasteiger charge is 2.09. The molecular weight excluding hydrogens is 506 g/mol. The Morgan fingerprint density at radius 1 is 0.350 bits per heavy atom. The van der Waals surface area contributed by atoms with Gasteiger partial charge >= 0.3 is 0 Å². The van der Waals surface area contributed by atoms with Crippen molar-refractivity contribution in [2.24, 2.45) is 0 Å². The van der Waals surface area contributed by atoms with Crippen LogP contribution in [0.1, 0.15) is 213 Å². The first-order valence-electron chi connectivity index (χ1n) is 18.6. The minimum absolute atomic E-state index is 0. The largest absolute Gasteiger partial charge is 1.00 e. The van der Waals surface area contributed by atoms with Crippen molar-refractivity contribution in [3.8, 4) is 0 Å². The van der Waals surface area contributed by atoms with E-state index in [1.54, 1.807) is 0 Å². The van der Waals surface area contributed by atoms with Gasteiger partial charge < -0.3 is 16.9 Å². The van der Waals surface area contributed by atoms with Crippen molar-refractivity contribution in [1.29, 1.82) is 0 Å².